The highest BCUT2D eigenvalue weighted by Gasteiger charge is 2.10. The van der Waals surface area contributed by atoms with Crippen molar-refractivity contribution >= 4 is 23.1 Å². The number of anilines is 1. The van der Waals surface area contributed by atoms with Crippen LogP contribution >= 0.6 is 11.3 Å². The van der Waals surface area contributed by atoms with E-state index < -0.39 is 0 Å². The van der Waals surface area contributed by atoms with Crippen LogP contribution in [0.2, 0.25) is 0 Å². The Labute approximate surface area is 161 Å². The predicted octanol–water partition coefficient (Wildman–Crippen LogP) is 3.76. The number of carbonyl (C=O) groups is 1. The lowest BCUT2D eigenvalue weighted by Gasteiger charge is -2.12. The van der Waals surface area contributed by atoms with E-state index in [1.807, 2.05) is 35.2 Å². The van der Waals surface area contributed by atoms with E-state index in [2.05, 4.69) is 15.7 Å². The minimum Gasteiger partial charge on any atom is -0.497 e. The van der Waals surface area contributed by atoms with Gasteiger partial charge in [0.25, 0.3) is 0 Å². The van der Waals surface area contributed by atoms with Crippen molar-refractivity contribution in [2.45, 2.75) is 13.5 Å². The van der Waals surface area contributed by atoms with E-state index in [-0.39, 0.29) is 6.03 Å². The number of rotatable bonds is 7. The molecular weight excluding hydrogens is 364 g/mol. The van der Waals surface area contributed by atoms with E-state index >= 15 is 0 Å². The predicted molar refractivity (Wildman–Crippen MR) is 107 cm³/mol. The molecule has 1 aromatic carbocycles. The van der Waals surface area contributed by atoms with Crippen LogP contribution in [0.1, 0.15) is 5.69 Å². The van der Waals surface area contributed by atoms with Gasteiger partial charge in [0.15, 0.2) is 0 Å². The van der Waals surface area contributed by atoms with E-state index in [0.29, 0.717) is 30.3 Å². The molecule has 0 saturated heterocycles. The standard InChI is InChI=1S/C19H22N4O3S/c1-13-11-16(18-5-4-10-27-18)22-23(13)9-8-20-19(24)21-15-7-6-14(25-2)12-17(15)26-3/h4-7,10-12H,8-9H2,1-3H3,(H2,20,21,24). The van der Waals surface area contributed by atoms with Crippen LogP contribution in [-0.2, 0) is 6.54 Å². The third-order valence-electron chi connectivity index (χ3n) is 4.02. The maximum atomic E-state index is 12.2. The quantitative estimate of drug-likeness (QED) is 0.648. The van der Waals surface area contributed by atoms with Crippen molar-refractivity contribution in [2.75, 3.05) is 26.1 Å². The largest absolute Gasteiger partial charge is 0.497 e. The number of hydrogen-bond donors (Lipinski definition) is 2. The summed E-state index contributed by atoms with van der Waals surface area (Å²) >= 11 is 1.66. The number of benzene rings is 1. The molecule has 0 fully saturated rings. The molecule has 0 radical (unpaired) electrons. The lowest BCUT2D eigenvalue weighted by atomic mass is 10.2. The molecular formula is C19H22N4O3S. The first-order chi connectivity index (χ1) is 13.1. The molecule has 0 aliphatic rings. The molecule has 0 aliphatic heterocycles. The topological polar surface area (TPSA) is 77.4 Å². The highest BCUT2D eigenvalue weighted by atomic mass is 32.1. The summed E-state index contributed by atoms with van der Waals surface area (Å²) in [6.07, 6.45) is 0. The van der Waals surface area contributed by atoms with Crippen molar-refractivity contribution in [1.29, 1.82) is 0 Å². The van der Waals surface area contributed by atoms with Gasteiger partial charge in [-0.15, -0.1) is 11.3 Å². The first kappa shape index (κ1) is 18.8. The Morgan fingerprint density at radius 2 is 2.07 bits per heavy atom. The highest BCUT2D eigenvalue weighted by Crippen LogP contribution is 2.29. The zero-order valence-electron chi connectivity index (χ0n) is 15.5. The molecule has 0 spiro atoms. The molecule has 3 rings (SSSR count). The fourth-order valence-electron chi connectivity index (χ4n) is 2.62. The summed E-state index contributed by atoms with van der Waals surface area (Å²) in [7, 11) is 3.12. The molecule has 0 bridgehead atoms. The van der Waals surface area contributed by atoms with E-state index in [1.54, 1.807) is 43.8 Å². The lowest BCUT2D eigenvalue weighted by Crippen LogP contribution is -2.32. The number of nitrogens with zero attached hydrogens (tertiary/aromatic N) is 2. The fraction of sp³-hybridized carbons (Fsp3) is 0.263. The number of ether oxygens (including phenoxy) is 2. The Bertz CT molecular complexity index is 906. The van der Waals surface area contributed by atoms with Gasteiger partial charge >= 0.3 is 6.03 Å². The number of carbonyl (C=O) groups excluding carboxylic acids is 1. The maximum absolute atomic E-state index is 12.2. The first-order valence-electron chi connectivity index (χ1n) is 8.46. The van der Waals surface area contributed by atoms with E-state index in [0.717, 1.165) is 16.3 Å². The van der Waals surface area contributed by atoms with E-state index in [9.17, 15) is 4.79 Å². The van der Waals surface area contributed by atoms with Crippen molar-refractivity contribution in [1.82, 2.24) is 15.1 Å². The average molecular weight is 386 g/mol. The summed E-state index contributed by atoms with van der Waals surface area (Å²) in [5, 5.41) is 12.3. The molecule has 2 amide bonds. The van der Waals surface area contributed by atoms with Gasteiger partial charge in [0.2, 0.25) is 0 Å². The summed E-state index contributed by atoms with van der Waals surface area (Å²) < 4.78 is 12.3. The molecule has 2 heterocycles. The number of aromatic nitrogens is 2. The average Bonchev–Trinajstić information content (AvgIpc) is 3.32. The number of urea groups is 1. The first-order valence-corrected chi connectivity index (χ1v) is 9.34. The normalized spacial score (nSPS) is 10.5. The third kappa shape index (κ3) is 4.59. The Morgan fingerprint density at radius 1 is 1.22 bits per heavy atom. The number of nitrogens with one attached hydrogen (secondary N) is 2. The summed E-state index contributed by atoms with van der Waals surface area (Å²) in [6, 6.07) is 11.0. The molecule has 27 heavy (non-hydrogen) atoms. The van der Waals surface area contributed by atoms with Crippen LogP contribution in [-0.4, -0.2) is 36.6 Å². The van der Waals surface area contributed by atoms with Crippen LogP contribution in [0.25, 0.3) is 10.6 Å². The van der Waals surface area contributed by atoms with Crippen LogP contribution in [0.5, 0.6) is 11.5 Å². The molecule has 2 aromatic heterocycles. The summed E-state index contributed by atoms with van der Waals surface area (Å²) in [4.78, 5) is 13.3. The van der Waals surface area contributed by atoms with Crippen molar-refractivity contribution in [3.8, 4) is 22.1 Å². The third-order valence-corrected chi connectivity index (χ3v) is 4.91. The van der Waals surface area contributed by atoms with Crippen molar-refractivity contribution in [3.63, 3.8) is 0 Å². The van der Waals surface area contributed by atoms with Crippen molar-refractivity contribution in [3.05, 3.63) is 47.5 Å². The Hall–Kier alpha value is -3.00. The van der Waals surface area contributed by atoms with E-state index in [1.165, 1.54) is 0 Å². The van der Waals surface area contributed by atoms with Gasteiger partial charge in [0, 0.05) is 18.3 Å². The second-order valence-electron chi connectivity index (χ2n) is 5.82. The van der Waals surface area contributed by atoms with Crippen LogP contribution in [0, 0.1) is 6.92 Å². The second-order valence-corrected chi connectivity index (χ2v) is 6.77. The van der Waals surface area contributed by atoms with Gasteiger partial charge in [-0.05, 0) is 36.6 Å². The fourth-order valence-corrected chi connectivity index (χ4v) is 3.31. The molecule has 8 heteroatoms. The molecule has 0 atom stereocenters. The second kappa shape index (κ2) is 8.59. The summed E-state index contributed by atoms with van der Waals surface area (Å²) in [6.45, 7) is 3.05. The minimum absolute atomic E-state index is 0.304. The van der Waals surface area contributed by atoms with Gasteiger partial charge < -0.3 is 20.1 Å². The minimum atomic E-state index is -0.304. The molecule has 142 valence electrons. The van der Waals surface area contributed by atoms with E-state index in [4.69, 9.17) is 9.47 Å². The monoisotopic (exact) mass is 386 g/mol. The van der Waals surface area contributed by atoms with Crippen LogP contribution in [0.3, 0.4) is 0 Å². The Balaban J connectivity index is 1.54. The van der Waals surface area contributed by atoms with Gasteiger partial charge in [0.05, 0.1) is 31.3 Å². The van der Waals surface area contributed by atoms with Crippen molar-refractivity contribution in [2.24, 2.45) is 0 Å². The number of aryl methyl sites for hydroxylation is 1. The van der Waals surface area contributed by atoms with Crippen LogP contribution in [0.4, 0.5) is 10.5 Å². The number of methoxy groups -OCH3 is 2. The van der Waals surface area contributed by atoms with Gasteiger partial charge in [0.1, 0.15) is 17.2 Å². The molecule has 2 N–H and O–H groups in total. The zero-order chi connectivity index (χ0) is 19.2. The summed E-state index contributed by atoms with van der Waals surface area (Å²) in [5.74, 6) is 1.20. The molecule has 0 unspecified atom stereocenters. The molecule has 0 saturated carbocycles. The van der Waals surface area contributed by atoms with Crippen molar-refractivity contribution < 1.29 is 14.3 Å². The van der Waals surface area contributed by atoms with Gasteiger partial charge in [-0.3, -0.25) is 4.68 Å². The van der Waals surface area contributed by atoms with Gasteiger partial charge in [-0.2, -0.15) is 5.10 Å². The SMILES string of the molecule is COc1ccc(NC(=O)NCCn2nc(-c3cccs3)cc2C)c(OC)c1. The van der Waals surface area contributed by atoms with Gasteiger partial charge in [-0.25, -0.2) is 4.79 Å². The number of hydrogen-bond acceptors (Lipinski definition) is 5. The number of amides is 2. The maximum Gasteiger partial charge on any atom is 0.319 e. The van der Waals surface area contributed by atoms with Crippen LogP contribution < -0.4 is 20.1 Å². The summed E-state index contributed by atoms with van der Waals surface area (Å²) in [5.41, 5.74) is 2.58. The Morgan fingerprint density at radius 3 is 2.78 bits per heavy atom. The molecule has 7 nitrogen and oxygen atoms in total. The zero-order valence-corrected chi connectivity index (χ0v) is 16.3. The Kier molecular flexibility index (Phi) is 5.97. The molecule has 3 aromatic rings. The highest BCUT2D eigenvalue weighted by molar-refractivity contribution is 7.13. The number of thiophene rings is 1. The van der Waals surface area contributed by atoms with Gasteiger partial charge in [-0.1, -0.05) is 6.07 Å². The smallest absolute Gasteiger partial charge is 0.319 e. The molecule has 0 aliphatic carbocycles. The lowest BCUT2D eigenvalue weighted by molar-refractivity contribution is 0.251. The van der Waals surface area contributed by atoms with Crippen LogP contribution in [0.15, 0.2) is 41.8 Å².